The minimum absolute atomic E-state index is 0.222. The van der Waals surface area contributed by atoms with Crippen molar-refractivity contribution >= 4 is 23.1 Å². The van der Waals surface area contributed by atoms with Crippen molar-refractivity contribution in [3.8, 4) is 11.5 Å². The molecule has 0 aliphatic heterocycles. The first-order valence-corrected chi connectivity index (χ1v) is 6.07. The van der Waals surface area contributed by atoms with Crippen LogP contribution in [-0.4, -0.2) is 16.7 Å². The van der Waals surface area contributed by atoms with Crippen LogP contribution in [0.4, 0.5) is 5.69 Å². The van der Waals surface area contributed by atoms with E-state index in [1.807, 2.05) is 38.1 Å². The van der Waals surface area contributed by atoms with Gasteiger partial charge in [0.2, 0.25) is 5.89 Å². The van der Waals surface area contributed by atoms with Gasteiger partial charge in [0.05, 0.1) is 17.3 Å². The first-order valence-electron chi connectivity index (χ1n) is 5.53. The topological polar surface area (TPSA) is 64.4 Å². The van der Waals surface area contributed by atoms with E-state index in [-0.39, 0.29) is 5.88 Å². The molecule has 5 heteroatoms. The molecule has 0 aliphatic carbocycles. The fourth-order valence-corrected chi connectivity index (χ4v) is 1.53. The van der Waals surface area contributed by atoms with Crippen LogP contribution in [0.15, 0.2) is 33.7 Å². The highest BCUT2D eigenvalue weighted by Gasteiger charge is 2.07. The number of hydrogen-bond donors (Lipinski definition) is 1. The van der Waals surface area contributed by atoms with Crippen LogP contribution in [-0.2, 0) is 0 Å². The fourth-order valence-electron chi connectivity index (χ4n) is 1.47. The molecule has 0 atom stereocenters. The summed E-state index contributed by atoms with van der Waals surface area (Å²) >= 11 is 5.57. The smallest absolute Gasteiger partial charge is 0.226 e. The third kappa shape index (κ3) is 2.71. The maximum atomic E-state index is 5.57. The minimum Gasteiger partial charge on any atom is -0.441 e. The van der Waals surface area contributed by atoms with Crippen LogP contribution in [0.3, 0.4) is 0 Å². The number of aromatic nitrogens is 1. The van der Waals surface area contributed by atoms with Gasteiger partial charge in [0.1, 0.15) is 11.6 Å². The van der Waals surface area contributed by atoms with Crippen molar-refractivity contribution in [2.24, 2.45) is 10.7 Å². The third-order valence-corrected chi connectivity index (χ3v) is 2.83. The number of oxazole rings is 1. The second-order valence-corrected chi connectivity index (χ2v) is 4.21. The molecular weight excluding hydrogens is 250 g/mol. The lowest BCUT2D eigenvalue weighted by Crippen LogP contribution is -2.12. The summed E-state index contributed by atoms with van der Waals surface area (Å²) in [6.07, 6.45) is 0. The molecule has 0 amide bonds. The number of benzene rings is 1. The zero-order chi connectivity index (χ0) is 13.1. The zero-order valence-corrected chi connectivity index (χ0v) is 11.0. The van der Waals surface area contributed by atoms with Crippen molar-refractivity contribution in [3.63, 3.8) is 0 Å². The summed E-state index contributed by atoms with van der Waals surface area (Å²) in [5, 5.41) is 0. The number of aliphatic imine (C=N–C) groups is 1. The monoisotopic (exact) mass is 263 g/mol. The van der Waals surface area contributed by atoms with Crippen molar-refractivity contribution in [2.45, 2.75) is 13.8 Å². The van der Waals surface area contributed by atoms with Gasteiger partial charge in [-0.25, -0.2) is 9.98 Å². The molecule has 18 heavy (non-hydrogen) atoms. The lowest BCUT2D eigenvalue weighted by Gasteiger charge is -1.98. The molecular formula is C13H14ClN3O. The standard InChI is InChI=1S/C13H14ClN3O/c1-8-9(2)18-13(16-8)10-3-5-11(6-4-10)17-12(15)7-14/h3-6H,7H2,1-2H3,(H2,15,17). The highest BCUT2D eigenvalue weighted by Crippen LogP contribution is 2.23. The van der Waals surface area contributed by atoms with Gasteiger partial charge in [-0.15, -0.1) is 11.6 Å². The van der Waals surface area contributed by atoms with E-state index < -0.39 is 0 Å². The lowest BCUT2D eigenvalue weighted by molar-refractivity contribution is 0.541. The van der Waals surface area contributed by atoms with Gasteiger partial charge in [0.25, 0.3) is 0 Å². The molecule has 0 saturated heterocycles. The first kappa shape index (κ1) is 12.6. The number of amidine groups is 1. The van der Waals surface area contributed by atoms with Gasteiger partial charge in [0, 0.05) is 5.56 Å². The SMILES string of the molecule is Cc1nc(-c2ccc(N=C(N)CCl)cc2)oc1C. The summed E-state index contributed by atoms with van der Waals surface area (Å²) in [5.74, 6) is 2.07. The van der Waals surface area contributed by atoms with E-state index in [1.165, 1.54) is 0 Å². The predicted octanol–water partition coefficient (Wildman–Crippen LogP) is 3.19. The Balaban J connectivity index is 2.27. The minimum atomic E-state index is 0.222. The Hall–Kier alpha value is -1.81. The van der Waals surface area contributed by atoms with Gasteiger partial charge in [-0.1, -0.05) is 0 Å². The predicted molar refractivity (Wildman–Crippen MR) is 73.4 cm³/mol. The van der Waals surface area contributed by atoms with Crippen LogP contribution in [0.5, 0.6) is 0 Å². The molecule has 94 valence electrons. The summed E-state index contributed by atoms with van der Waals surface area (Å²) in [7, 11) is 0. The summed E-state index contributed by atoms with van der Waals surface area (Å²) in [6.45, 7) is 3.81. The van der Waals surface area contributed by atoms with Gasteiger partial charge in [0.15, 0.2) is 0 Å². The van der Waals surface area contributed by atoms with Crippen LogP contribution in [0.1, 0.15) is 11.5 Å². The van der Waals surface area contributed by atoms with E-state index in [1.54, 1.807) is 0 Å². The Labute approximate surface area is 111 Å². The molecule has 0 fully saturated rings. The molecule has 2 N–H and O–H groups in total. The first-order chi connectivity index (χ1) is 8.60. The van der Waals surface area contributed by atoms with E-state index >= 15 is 0 Å². The van der Waals surface area contributed by atoms with Gasteiger partial charge in [-0.2, -0.15) is 0 Å². The van der Waals surface area contributed by atoms with Gasteiger partial charge in [-0.3, -0.25) is 0 Å². The van der Waals surface area contributed by atoms with Gasteiger partial charge in [-0.05, 0) is 38.1 Å². The Bertz CT molecular complexity index is 553. The summed E-state index contributed by atoms with van der Waals surface area (Å²) < 4.78 is 5.55. The Kier molecular flexibility index (Phi) is 3.67. The molecule has 4 nitrogen and oxygen atoms in total. The number of alkyl halides is 1. The number of nitrogens with zero attached hydrogens (tertiary/aromatic N) is 2. The zero-order valence-electron chi connectivity index (χ0n) is 10.3. The van der Waals surface area contributed by atoms with E-state index in [9.17, 15) is 0 Å². The molecule has 0 aliphatic rings. The Morgan fingerprint density at radius 1 is 1.33 bits per heavy atom. The van der Waals surface area contributed by atoms with E-state index in [0.29, 0.717) is 11.7 Å². The third-order valence-electron chi connectivity index (χ3n) is 2.55. The second kappa shape index (κ2) is 5.23. The average molecular weight is 264 g/mol. The molecule has 1 heterocycles. The molecule has 1 aromatic heterocycles. The fraction of sp³-hybridized carbons (Fsp3) is 0.231. The van der Waals surface area contributed by atoms with Gasteiger partial charge >= 0.3 is 0 Å². The number of halogens is 1. The van der Waals surface area contributed by atoms with Crippen molar-refractivity contribution in [1.82, 2.24) is 4.98 Å². The van der Waals surface area contributed by atoms with E-state index in [4.69, 9.17) is 21.8 Å². The van der Waals surface area contributed by atoms with Crippen LogP contribution < -0.4 is 5.73 Å². The second-order valence-electron chi connectivity index (χ2n) is 3.94. The molecule has 0 saturated carbocycles. The molecule has 0 spiro atoms. The molecule has 0 radical (unpaired) electrons. The number of aryl methyl sites for hydroxylation is 2. The average Bonchev–Trinajstić information content (AvgIpc) is 2.70. The maximum Gasteiger partial charge on any atom is 0.226 e. The normalized spacial score (nSPS) is 11.8. The molecule has 2 aromatic rings. The number of hydrogen-bond acceptors (Lipinski definition) is 3. The van der Waals surface area contributed by atoms with Crippen LogP contribution >= 0.6 is 11.6 Å². The van der Waals surface area contributed by atoms with Crippen LogP contribution in [0, 0.1) is 13.8 Å². The van der Waals surface area contributed by atoms with Crippen molar-refractivity contribution < 1.29 is 4.42 Å². The Morgan fingerprint density at radius 2 is 2.00 bits per heavy atom. The van der Waals surface area contributed by atoms with E-state index in [2.05, 4.69) is 9.98 Å². The van der Waals surface area contributed by atoms with Crippen LogP contribution in [0.2, 0.25) is 0 Å². The highest BCUT2D eigenvalue weighted by molar-refractivity contribution is 6.28. The molecule has 0 bridgehead atoms. The van der Waals surface area contributed by atoms with Crippen LogP contribution in [0.25, 0.3) is 11.5 Å². The van der Waals surface area contributed by atoms with E-state index in [0.717, 1.165) is 22.7 Å². The number of nitrogens with two attached hydrogens (primary N) is 1. The summed E-state index contributed by atoms with van der Waals surface area (Å²) in [5.41, 5.74) is 8.14. The van der Waals surface area contributed by atoms with Crippen molar-refractivity contribution in [3.05, 3.63) is 35.7 Å². The summed E-state index contributed by atoms with van der Waals surface area (Å²) in [6, 6.07) is 7.49. The maximum absolute atomic E-state index is 5.57. The Morgan fingerprint density at radius 3 is 2.50 bits per heavy atom. The highest BCUT2D eigenvalue weighted by atomic mass is 35.5. The lowest BCUT2D eigenvalue weighted by atomic mass is 10.2. The largest absolute Gasteiger partial charge is 0.441 e. The molecule has 0 unspecified atom stereocenters. The quantitative estimate of drug-likeness (QED) is 0.525. The molecule has 1 aromatic carbocycles. The summed E-state index contributed by atoms with van der Waals surface area (Å²) in [4.78, 5) is 8.49. The van der Waals surface area contributed by atoms with Crippen molar-refractivity contribution in [1.29, 1.82) is 0 Å². The number of rotatable bonds is 3. The van der Waals surface area contributed by atoms with Crippen molar-refractivity contribution in [2.75, 3.05) is 5.88 Å². The molecule has 2 rings (SSSR count). The van der Waals surface area contributed by atoms with Gasteiger partial charge < -0.3 is 10.2 Å².